The normalized spacial score (nSPS) is 10.8. The number of para-hydroxylation sites is 1. The van der Waals surface area contributed by atoms with Gasteiger partial charge in [-0.15, -0.1) is 0 Å². The molecule has 0 saturated heterocycles. The van der Waals surface area contributed by atoms with Crippen molar-refractivity contribution >= 4 is 16.7 Å². The minimum Gasteiger partial charge on any atom is -0.350 e. The van der Waals surface area contributed by atoms with Crippen molar-refractivity contribution in [1.82, 2.24) is 4.57 Å². The van der Waals surface area contributed by atoms with E-state index >= 15 is 0 Å². The van der Waals surface area contributed by atoms with Crippen molar-refractivity contribution in [1.29, 1.82) is 0 Å². The lowest BCUT2D eigenvalue weighted by molar-refractivity contribution is 0.104. The fraction of sp³-hybridized carbons (Fsp3) is 0.118. The zero-order chi connectivity index (χ0) is 13.4. The molecular formula is C17H15NO. The number of benzene rings is 2. The van der Waals surface area contributed by atoms with Crippen LogP contribution in [0.3, 0.4) is 0 Å². The number of hydrogen-bond acceptors (Lipinski definition) is 1. The Hall–Kier alpha value is -2.35. The van der Waals surface area contributed by atoms with Crippen LogP contribution in [0.2, 0.25) is 0 Å². The van der Waals surface area contributed by atoms with Gasteiger partial charge in [-0.25, -0.2) is 0 Å². The summed E-state index contributed by atoms with van der Waals surface area (Å²) in [5.41, 5.74) is 3.70. The van der Waals surface area contributed by atoms with Gasteiger partial charge in [-0.3, -0.25) is 4.79 Å². The highest BCUT2D eigenvalue weighted by Gasteiger charge is 2.15. The van der Waals surface area contributed by atoms with Crippen LogP contribution in [-0.2, 0) is 7.05 Å². The second-order valence-electron chi connectivity index (χ2n) is 4.87. The minimum absolute atomic E-state index is 0.0838. The third kappa shape index (κ3) is 1.95. The number of carbonyl (C=O) groups is 1. The number of ketones is 1. The molecule has 0 aliphatic heterocycles. The first-order chi connectivity index (χ1) is 9.16. The van der Waals surface area contributed by atoms with E-state index in [0.29, 0.717) is 0 Å². The smallest absolute Gasteiger partial charge is 0.195 e. The van der Waals surface area contributed by atoms with Crippen LogP contribution in [0, 0.1) is 6.92 Å². The van der Waals surface area contributed by atoms with Crippen molar-refractivity contribution in [3.63, 3.8) is 0 Å². The summed E-state index contributed by atoms with van der Waals surface area (Å²) >= 11 is 0. The van der Waals surface area contributed by atoms with Gasteiger partial charge in [0.05, 0.1) is 0 Å². The molecule has 1 heterocycles. The van der Waals surface area contributed by atoms with Gasteiger partial charge >= 0.3 is 0 Å². The molecule has 0 radical (unpaired) electrons. The van der Waals surface area contributed by atoms with Gasteiger partial charge < -0.3 is 4.57 Å². The number of rotatable bonds is 2. The molecule has 0 spiro atoms. The number of fused-ring (bicyclic) bond motifs is 1. The lowest BCUT2D eigenvalue weighted by Crippen LogP contribution is -2.00. The number of aryl methyl sites for hydroxylation is 2. The van der Waals surface area contributed by atoms with Gasteiger partial charge in [0.25, 0.3) is 0 Å². The molecule has 2 heteroatoms. The molecule has 1 aromatic heterocycles. The predicted octanol–water partition coefficient (Wildman–Crippen LogP) is 3.72. The van der Waals surface area contributed by atoms with E-state index in [2.05, 4.69) is 0 Å². The van der Waals surface area contributed by atoms with Crippen molar-refractivity contribution in [2.24, 2.45) is 7.05 Å². The van der Waals surface area contributed by atoms with Crippen molar-refractivity contribution in [2.75, 3.05) is 0 Å². The zero-order valence-corrected chi connectivity index (χ0v) is 11.1. The number of nitrogens with zero attached hydrogens (tertiary/aromatic N) is 1. The van der Waals surface area contributed by atoms with Crippen molar-refractivity contribution < 1.29 is 4.79 Å². The van der Waals surface area contributed by atoms with E-state index in [-0.39, 0.29) is 5.78 Å². The Bertz CT molecular complexity index is 768. The summed E-state index contributed by atoms with van der Waals surface area (Å²) in [5.74, 6) is 0.0838. The highest BCUT2D eigenvalue weighted by molar-refractivity contribution is 6.16. The summed E-state index contributed by atoms with van der Waals surface area (Å²) in [6.45, 7) is 2.00. The van der Waals surface area contributed by atoms with Gasteiger partial charge in [0, 0.05) is 35.3 Å². The Labute approximate surface area is 112 Å². The largest absolute Gasteiger partial charge is 0.350 e. The maximum Gasteiger partial charge on any atom is 0.195 e. The summed E-state index contributed by atoms with van der Waals surface area (Å²) in [6, 6.07) is 15.7. The number of hydrogen-bond donors (Lipinski definition) is 0. The van der Waals surface area contributed by atoms with Crippen molar-refractivity contribution in [3.8, 4) is 0 Å². The third-order valence-corrected chi connectivity index (χ3v) is 3.42. The average molecular weight is 249 g/mol. The maximum absolute atomic E-state index is 12.6. The molecule has 19 heavy (non-hydrogen) atoms. The third-order valence-electron chi connectivity index (χ3n) is 3.42. The van der Waals surface area contributed by atoms with Gasteiger partial charge in [-0.1, -0.05) is 42.0 Å². The fourth-order valence-corrected chi connectivity index (χ4v) is 2.46. The Kier molecular flexibility index (Phi) is 2.71. The van der Waals surface area contributed by atoms with Crippen LogP contribution in [0.4, 0.5) is 0 Å². The van der Waals surface area contributed by atoms with Crippen molar-refractivity contribution in [3.05, 3.63) is 71.4 Å². The van der Waals surface area contributed by atoms with Gasteiger partial charge in [0.1, 0.15) is 0 Å². The molecule has 0 atom stereocenters. The standard InChI is InChI=1S/C17H15NO/c1-12-6-5-7-13(10-12)17(19)15-11-18(2)16-9-4-3-8-14(15)16/h3-11H,1-2H3. The molecule has 0 aliphatic rings. The summed E-state index contributed by atoms with van der Waals surface area (Å²) in [5, 5.41) is 1.01. The van der Waals surface area contributed by atoms with Crippen molar-refractivity contribution in [2.45, 2.75) is 6.92 Å². The predicted molar refractivity (Wildman–Crippen MR) is 77.5 cm³/mol. The molecule has 94 valence electrons. The van der Waals surface area contributed by atoms with E-state index < -0.39 is 0 Å². The van der Waals surface area contributed by atoms with Crippen LogP contribution in [0.25, 0.3) is 10.9 Å². The van der Waals surface area contributed by atoms with Crippen LogP contribution >= 0.6 is 0 Å². The summed E-state index contributed by atoms with van der Waals surface area (Å²) < 4.78 is 2.00. The van der Waals surface area contributed by atoms with E-state index in [0.717, 1.165) is 27.6 Å². The molecule has 0 saturated carbocycles. The first-order valence-corrected chi connectivity index (χ1v) is 6.32. The Morgan fingerprint density at radius 1 is 1.05 bits per heavy atom. The molecule has 0 amide bonds. The zero-order valence-electron chi connectivity index (χ0n) is 11.1. The van der Waals surface area contributed by atoms with E-state index in [4.69, 9.17) is 0 Å². The van der Waals surface area contributed by atoms with Gasteiger partial charge in [-0.05, 0) is 19.1 Å². The van der Waals surface area contributed by atoms with E-state index in [9.17, 15) is 4.79 Å². The second-order valence-corrected chi connectivity index (χ2v) is 4.87. The highest BCUT2D eigenvalue weighted by atomic mass is 16.1. The van der Waals surface area contributed by atoms with Crippen LogP contribution in [0.1, 0.15) is 21.5 Å². The van der Waals surface area contributed by atoms with E-state index in [1.165, 1.54) is 0 Å². The van der Waals surface area contributed by atoms with E-state index in [1.807, 2.05) is 73.3 Å². The second kappa shape index (κ2) is 4.39. The summed E-state index contributed by atoms with van der Waals surface area (Å²) in [7, 11) is 1.97. The first-order valence-electron chi connectivity index (χ1n) is 6.32. The SMILES string of the molecule is Cc1cccc(C(=O)c2cn(C)c3ccccc23)c1. The van der Waals surface area contributed by atoms with Gasteiger partial charge in [0.2, 0.25) is 0 Å². The molecule has 0 bridgehead atoms. The van der Waals surface area contributed by atoms with E-state index in [1.54, 1.807) is 0 Å². The quantitative estimate of drug-likeness (QED) is 0.634. The Morgan fingerprint density at radius 3 is 2.63 bits per heavy atom. The summed E-state index contributed by atoms with van der Waals surface area (Å²) in [6.07, 6.45) is 1.91. The van der Waals surface area contributed by atoms with Crippen LogP contribution in [-0.4, -0.2) is 10.4 Å². The summed E-state index contributed by atoms with van der Waals surface area (Å²) in [4.78, 5) is 12.6. The molecule has 0 unspecified atom stereocenters. The lowest BCUT2D eigenvalue weighted by atomic mass is 10.0. The first kappa shape index (κ1) is 11.7. The Balaban J connectivity index is 2.17. The Morgan fingerprint density at radius 2 is 1.84 bits per heavy atom. The molecule has 0 N–H and O–H groups in total. The molecule has 2 aromatic carbocycles. The molecule has 2 nitrogen and oxygen atoms in total. The molecule has 3 rings (SSSR count). The van der Waals surface area contributed by atoms with Crippen LogP contribution in [0.15, 0.2) is 54.7 Å². The average Bonchev–Trinajstić information content (AvgIpc) is 2.76. The monoisotopic (exact) mass is 249 g/mol. The minimum atomic E-state index is 0.0838. The molecule has 0 aliphatic carbocycles. The maximum atomic E-state index is 12.6. The topological polar surface area (TPSA) is 22.0 Å². The lowest BCUT2D eigenvalue weighted by Gasteiger charge is -2.01. The molecular weight excluding hydrogens is 234 g/mol. The number of carbonyl (C=O) groups excluding carboxylic acids is 1. The fourth-order valence-electron chi connectivity index (χ4n) is 2.46. The molecule has 0 fully saturated rings. The van der Waals surface area contributed by atoms with Gasteiger partial charge in [0.15, 0.2) is 5.78 Å². The highest BCUT2D eigenvalue weighted by Crippen LogP contribution is 2.23. The van der Waals surface area contributed by atoms with Crippen LogP contribution < -0.4 is 0 Å². The molecule has 3 aromatic rings. The van der Waals surface area contributed by atoms with Crippen LogP contribution in [0.5, 0.6) is 0 Å². The number of aromatic nitrogens is 1. The van der Waals surface area contributed by atoms with Gasteiger partial charge in [-0.2, -0.15) is 0 Å².